The van der Waals surface area contributed by atoms with Crippen LogP contribution in [0, 0.1) is 0 Å². The van der Waals surface area contributed by atoms with Gasteiger partial charge in [0, 0.05) is 12.2 Å². The van der Waals surface area contributed by atoms with Gasteiger partial charge in [-0.3, -0.25) is 4.79 Å². The molecule has 0 bridgehead atoms. The Kier molecular flexibility index (Phi) is 5.75. The molecule has 5 nitrogen and oxygen atoms in total. The zero-order valence-corrected chi connectivity index (χ0v) is 16.0. The van der Waals surface area contributed by atoms with Gasteiger partial charge in [0.2, 0.25) is 0 Å². The SMILES string of the molecule is CCO[C@@](C)(CC(=O)O)c1ccc(O[C@@H]2COc3c2cccc3C(F)(F)F)cc1. The molecular formula is C21H21F3O5. The fourth-order valence-electron chi connectivity index (χ4n) is 3.43. The van der Waals surface area contributed by atoms with E-state index < -0.39 is 29.4 Å². The molecule has 0 radical (unpaired) electrons. The molecule has 29 heavy (non-hydrogen) atoms. The monoisotopic (exact) mass is 410 g/mol. The molecule has 1 N–H and O–H groups in total. The van der Waals surface area contributed by atoms with Crippen LogP contribution < -0.4 is 9.47 Å². The maximum atomic E-state index is 13.1. The number of alkyl halides is 3. The van der Waals surface area contributed by atoms with Crippen molar-refractivity contribution in [3.63, 3.8) is 0 Å². The lowest BCUT2D eigenvalue weighted by atomic mass is 9.92. The topological polar surface area (TPSA) is 65.0 Å². The number of carboxylic acids is 1. The summed E-state index contributed by atoms with van der Waals surface area (Å²) in [5.74, 6) is -0.754. The highest BCUT2D eigenvalue weighted by molar-refractivity contribution is 5.68. The molecule has 0 amide bonds. The number of carbonyl (C=O) groups is 1. The molecule has 1 aliphatic heterocycles. The van der Waals surface area contributed by atoms with E-state index in [9.17, 15) is 18.0 Å². The summed E-state index contributed by atoms with van der Waals surface area (Å²) in [6, 6.07) is 10.5. The van der Waals surface area contributed by atoms with Gasteiger partial charge >= 0.3 is 12.1 Å². The second-order valence-corrected chi connectivity index (χ2v) is 6.90. The van der Waals surface area contributed by atoms with Gasteiger partial charge in [-0.25, -0.2) is 0 Å². The first-order chi connectivity index (χ1) is 13.6. The van der Waals surface area contributed by atoms with Crippen molar-refractivity contribution in [2.45, 2.75) is 38.1 Å². The smallest absolute Gasteiger partial charge is 0.419 e. The van der Waals surface area contributed by atoms with Crippen molar-refractivity contribution < 1.29 is 37.3 Å². The van der Waals surface area contributed by atoms with Gasteiger partial charge in [0.05, 0.1) is 12.0 Å². The number of para-hydroxylation sites is 1. The number of fused-ring (bicyclic) bond motifs is 1. The Morgan fingerprint density at radius 2 is 1.90 bits per heavy atom. The summed E-state index contributed by atoms with van der Waals surface area (Å²) in [5, 5.41) is 9.16. The molecule has 1 aliphatic rings. The van der Waals surface area contributed by atoms with Crippen molar-refractivity contribution >= 4 is 5.97 Å². The van der Waals surface area contributed by atoms with Gasteiger partial charge in [-0.1, -0.05) is 24.3 Å². The zero-order chi connectivity index (χ0) is 21.2. The van der Waals surface area contributed by atoms with Crippen LogP contribution in [0.25, 0.3) is 0 Å². The molecule has 156 valence electrons. The second kappa shape index (κ2) is 7.94. The Labute approximate surface area is 166 Å². The standard InChI is InChI=1S/C21H21F3O5/c1-3-28-20(2,11-18(25)26)13-7-9-14(10-8-13)29-17-12-27-19-15(17)5-4-6-16(19)21(22,23)24/h4-10,17H,3,11-12H2,1-2H3,(H,25,26)/t17-,20+/m1/s1. The average molecular weight is 410 g/mol. The highest BCUT2D eigenvalue weighted by atomic mass is 19.4. The number of hydrogen-bond acceptors (Lipinski definition) is 4. The second-order valence-electron chi connectivity index (χ2n) is 6.90. The van der Waals surface area contributed by atoms with Crippen molar-refractivity contribution in [3.8, 4) is 11.5 Å². The molecule has 2 atom stereocenters. The molecule has 1 heterocycles. The molecule has 0 spiro atoms. The third-order valence-corrected chi connectivity index (χ3v) is 4.77. The number of aliphatic carboxylic acids is 1. The summed E-state index contributed by atoms with van der Waals surface area (Å²) in [4.78, 5) is 11.2. The van der Waals surface area contributed by atoms with Crippen molar-refractivity contribution in [1.29, 1.82) is 0 Å². The van der Waals surface area contributed by atoms with Crippen LogP contribution >= 0.6 is 0 Å². The van der Waals surface area contributed by atoms with Gasteiger partial charge in [-0.15, -0.1) is 0 Å². The largest absolute Gasteiger partial charge is 0.488 e. The van der Waals surface area contributed by atoms with Gasteiger partial charge in [-0.05, 0) is 37.6 Å². The lowest BCUT2D eigenvalue weighted by Crippen LogP contribution is -2.29. The average Bonchev–Trinajstić information content (AvgIpc) is 3.04. The number of benzene rings is 2. The van der Waals surface area contributed by atoms with E-state index in [1.165, 1.54) is 6.07 Å². The first-order valence-electron chi connectivity index (χ1n) is 9.10. The Balaban J connectivity index is 1.79. The summed E-state index contributed by atoms with van der Waals surface area (Å²) < 4.78 is 56.1. The Morgan fingerprint density at radius 1 is 1.21 bits per heavy atom. The predicted octanol–water partition coefficient (Wildman–Crippen LogP) is 4.94. The molecule has 3 rings (SSSR count). The van der Waals surface area contributed by atoms with E-state index in [2.05, 4.69) is 0 Å². The summed E-state index contributed by atoms with van der Waals surface area (Å²) in [7, 11) is 0. The molecule has 8 heteroatoms. The Bertz CT molecular complexity index is 879. The van der Waals surface area contributed by atoms with Crippen molar-refractivity contribution in [2.75, 3.05) is 13.2 Å². The minimum atomic E-state index is -4.50. The number of carboxylic acid groups (broad SMARTS) is 1. The molecule has 0 aliphatic carbocycles. The lowest BCUT2D eigenvalue weighted by Gasteiger charge is -2.28. The number of ether oxygens (including phenoxy) is 3. The molecule has 0 fully saturated rings. The van der Waals surface area contributed by atoms with E-state index in [-0.39, 0.29) is 18.8 Å². The highest BCUT2D eigenvalue weighted by Gasteiger charge is 2.39. The van der Waals surface area contributed by atoms with E-state index in [4.69, 9.17) is 19.3 Å². The van der Waals surface area contributed by atoms with Gasteiger partial charge in [0.1, 0.15) is 23.7 Å². The fourth-order valence-corrected chi connectivity index (χ4v) is 3.43. The van der Waals surface area contributed by atoms with Gasteiger partial charge in [0.25, 0.3) is 0 Å². The predicted molar refractivity (Wildman–Crippen MR) is 98.0 cm³/mol. The van der Waals surface area contributed by atoms with Crippen molar-refractivity contribution in [2.24, 2.45) is 0 Å². The zero-order valence-electron chi connectivity index (χ0n) is 16.0. The maximum Gasteiger partial charge on any atom is 0.419 e. The maximum absolute atomic E-state index is 13.1. The fraction of sp³-hybridized carbons (Fsp3) is 0.381. The summed E-state index contributed by atoms with van der Waals surface area (Å²) >= 11 is 0. The molecule has 0 saturated heterocycles. The van der Waals surface area contributed by atoms with Crippen LogP contribution in [0.4, 0.5) is 13.2 Å². The minimum absolute atomic E-state index is 0.0279. The van der Waals surface area contributed by atoms with Crippen molar-refractivity contribution in [3.05, 3.63) is 59.2 Å². The van der Waals surface area contributed by atoms with Crippen LogP contribution in [-0.2, 0) is 21.3 Å². The van der Waals surface area contributed by atoms with E-state index in [1.807, 2.05) is 0 Å². The van der Waals surface area contributed by atoms with Gasteiger partial charge < -0.3 is 19.3 Å². The van der Waals surface area contributed by atoms with Gasteiger partial charge in [0.15, 0.2) is 6.10 Å². The van der Waals surface area contributed by atoms with Crippen LogP contribution in [0.2, 0.25) is 0 Å². The first-order valence-corrected chi connectivity index (χ1v) is 9.10. The molecule has 0 aromatic heterocycles. The summed E-state index contributed by atoms with van der Waals surface area (Å²) in [6.07, 6.45) is -5.38. The van der Waals surface area contributed by atoms with Gasteiger partial charge in [-0.2, -0.15) is 13.2 Å². The lowest BCUT2D eigenvalue weighted by molar-refractivity contribution is -0.145. The normalized spacial score (nSPS) is 17.9. The van der Waals surface area contributed by atoms with Crippen LogP contribution in [0.5, 0.6) is 11.5 Å². The van der Waals surface area contributed by atoms with Crippen LogP contribution in [0.1, 0.15) is 43.1 Å². The summed E-state index contributed by atoms with van der Waals surface area (Å²) in [6.45, 7) is 3.80. The molecule has 2 aromatic carbocycles. The van der Waals surface area contributed by atoms with Crippen molar-refractivity contribution in [1.82, 2.24) is 0 Å². The van der Waals surface area contributed by atoms with E-state index >= 15 is 0 Å². The molecule has 0 saturated carbocycles. The summed E-state index contributed by atoms with van der Waals surface area (Å²) in [5.41, 5.74) is -0.813. The number of rotatable bonds is 7. The van der Waals surface area contributed by atoms with Crippen LogP contribution in [-0.4, -0.2) is 24.3 Å². The van der Waals surface area contributed by atoms with Crippen LogP contribution in [0.15, 0.2) is 42.5 Å². The highest BCUT2D eigenvalue weighted by Crippen LogP contribution is 2.44. The van der Waals surface area contributed by atoms with E-state index in [0.29, 0.717) is 23.5 Å². The van der Waals surface area contributed by atoms with E-state index in [1.54, 1.807) is 44.2 Å². The third-order valence-electron chi connectivity index (χ3n) is 4.77. The third kappa shape index (κ3) is 4.48. The molecular weight excluding hydrogens is 389 g/mol. The first kappa shape index (κ1) is 21.0. The minimum Gasteiger partial charge on any atom is -0.488 e. The molecule has 0 unspecified atom stereocenters. The molecule has 2 aromatic rings. The Hall–Kier alpha value is -2.74. The number of hydrogen-bond donors (Lipinski definition) is 1. The van der Waals surface area contributed by atoms with E-state index in [0.717, 1.165) is 6.07 Å². The quantitative estimate of drug-likeness (QED) is 0.700. The van der Waals surface area contributed by atoms with Crippen LogP contribution in [0.3, 0.4) is 0 Å². The Morgan fingerprint density at radius 3 is 2.48 bits per heavy atom. The number of halogens is 3.